The first-order chi connectivity index (χ1) is 16.6. The van der Waals surface area contributed by atoms with E-state index in [1.165, 1.54) is 30.2 Å². The largest absolute Gasteiger partial charge is 0.378 e. The van der Waals surface area contributed by atoms with Crippen LogP contribution in [0.3, 0.4) is 0 Å². The first-order valence-electron chi connectivity index (χ1n) is 11.9. The summed E-state index contributed by atoms with van der Waals surface area (Å²) in [5.74, 6) is 1.46. The number of ether oxygens (including phenoxy) is 1. The van der Waals surface area contributed by atoms with Gasteiger partial charge >= 0.3 is 0 Å². The molecule has 0 atom stereocenters. The molecule has 1 aliphatic carbocycles. The maximum absolute atomic E-state index is 6.07. The summed E-state index contributed by atoms with van der Waals surface area (Å²) in [4.78, 5) is 12.0. The molecule has 6 rings (SSSR count). The first-order valence-corrected chi connectivity index (χ1v) is 12.3. The summed E-state index contributed by atoms with van der Waals surface area (Å²) in [6.45, 7) is 5.00. The number of anilines is 3. The Bertz CT molecular complexity index is 1330. The maximum Gasteiger partial charge on any atom is 0.228 e. The summed E-state index contributed by atoms with van der Waals surface area (Å²) in [6.07, 6.45) is 3.67. The highest BCUT2D eigenvalue weighted by molar-refractivity contribution is 6.30. The van der Waals surface area contributed by atoms with E-state index in [9.17, 15) is 0 Å². The summed E-state index contributed by atoms with van der Waals surface area (Å²) in [6, 6.07) is 16.7. The standard InChI is InChI=1S/C26H27ClN6O/c1-17-22-10-5-18(15-24(22)33(31-17)21-3-2-4-21)23-16-25(28-20-8-6-19(27)7-9-20)30-26(29-23)32-11-13-34-14-12-32/h5-10,15-16,21H,2-4,11-14H2,1H3,(H,28,29,30). The molecule has 8 heteroatoms. The third kappa shape index (κ3) is 4.10. The van der Waals surface area contributed by atoms with Gasteiger partial charge in [-0.1, -0.05) is 23.7 Å². The lowest BCUT2D eigenvalue weighted by atomic mass is 9.93. The highest BCUT2D eigenvalue weighted by Gasteiger charge is 2.23. The summed E-state index contributed by atoms with van der Waals surface area (Å²) < 4.78 is 7.76. The molecule has 2 fully saturated rings. The number of hydrogen-bond acceptors (Lipinski definition) is 6. The zero-order valence-corrected chi connectivity index (χ0v) is 19.9. The van der Waals surface area contributed by atoms with Crippen LogP contribution in [0.5, 0.6) is 0 Å². The smallest absolute Gasteiger partial charge is 0.228 e. The van der Waals surface area contributed by atoms with Crippen LogP contribution in [0.4, 0.5) is 17.5 Å². The van der Waals surface area contributed by atoms with Crippen LogP contribution >= 0.6 is 11.6 Å². The van der Waals surface area contributed by atoms with Crippen molar-refractivity contribution in [3.05, 3.63) is 59.2 Å². The number of aromatic nitrogens is 4. The van der Waals surface area contributed by atoms with E-state index in [0.717, 1.165) is 41.5 Å². The molecule has 1 aliphatic heterocycles. The van der Waals surface area contributed by atoms with E-state index in [1.807, 2.05) is 30.3 Å². The van der Waals surface area contributed by atoms with Gasteiger partial charge in [0.1, 0.15) is 5.82 Å². The Morgan fingerprint density at radius 3 is 2.53 bits per heavy atom. The highest BCUT2D eigenvalue weighted by Crippen LogP contribution is 2.36. The normalized spacial score (nSPS) is 16.6. The third-order valence-electron chi connectivity index (χ3n) is 6.73. The maximum atomic E-state index is 6.07. The van der Waals surface area contributed by atoms with Crippen molar-refractivity contribution in [1.82, 2.24) is 19.7 Å². The Hall–Kier alpha value is -3.16. The van der Waals surface area contributed by atoms with Crippen molar-refractivity contribution < 1.29 is 4.74 Å². The number of benzene rings is 2. The zero-order chi connectivity index (χ0) is 23.1. The predicted molar refractivity (Wildman–Crippen MR) is 136 cm³/mol. The van der Waals surface area contributed by atoms with Crippen LogP contribution in [0, 0.1) is 6.92 Å². The van der Waals surface area contributed by atoms with Crippen LogP contribution in [0.2, 0.25) is 5.02 Å². The molecule has 2 aliphatic rings. The minimum absolute atomic E-state index is 0.503. The number of morpholine rings is 1. The lowest BCUT2D eigenvalue weighted by Crippen LogP contribution is -2.37. The van der Waals surface area contributed by atoms with Crippen molar-refractivity contribution >= 4 is 40.0 Å². The van der Waals surface area contributed by atoms with Crippen LogP contribution in [0.1, 0.15) is 31.0 Å². The molecule has 174 valence electrons. The molecule has 34 heavy (non-hydrogen) atoms. The fourth-order valence-corrected chi connectivity index (χ4v) is 4.72. The Morgan fingerprint density at radius 2 is 1.79 bits per heavy atom. The molecule has 2 aromatic carbocycles. The Labute approximate surface area is 203 Å². The van der Waals surface area contributed by atoms with Crippen LogP contribution in [0.15, 0.2) is 48.5 Å². The van der Waals surface area contributed by atoms with Gasteiger partial charge in [-0.15, -0.1) is 0 Å². The molecule has 0 unspecified atom stereocenters. The number of nitrogens with zero attached hydrogens (tertiary/aromatic N) is 5. The molecule has 1 N–H and O–H groups in total. The van der Waals surface area contributed by atoms with Crippen molar-refractivity contribution in [2.45, 2.75) is 32.2 Å². The molecule has 1 saturated heterocycles. The lowest BCUT2D eigenvalue weighted by Gasteiger charge is -2.27. The molecule has 4 aromatic rings. The molecule has 0 spiro atoms. The van der Waals surface area contributed by atoms with Crippen LogP contribution in [0.25, 0.3) is 22.2 Å². The van der Waals surface area contributed by atoms with E-state index in [1.54, 1.807) is 0 Å². The van der Waals surface area contributed by atoms with Gasteiger partial charge < -0.3 is 15.0 Å². The molecule has 2 aromatic heterocycles. The Morgan fingerprint density at radius 1 is 1.00 bits per heavy atom. The minimum atomic E-state index is 0.503. The average molecular weight is 475 g/mol. The summed E-state index contributed by atoms with van der Waals surface area (Å²) >= 11 is 6.07. The molecule has 0 bridgehead atoms. The van der Waals surface area contributed by atoms with Gasteiger partial charge in [0.05, 0.1) is 36.2 Å². The number of halogens is 1. The van der Waals surface area contributed by atoms with E-state index in [0.29, 0.717) is 30.2 Å². The molecule has 7 nitrogen and oxygen atoms in total. The number of hydrogen-bond donors (Lipinski definition) is 1. The third-order valence-corrected chi connectivity index (χ3v) is 6.99. The van der Waals surface area contributed by atoms with Crippen LogP contribution in [-0.4, -0.2) is 46.1 Å². The number of nitrogens with one attached hydrogen (secondary N) is 1. The Kier molecular flexibility index (Phi) is 5.59. The average Bonchev–Trinajstić information content (AvgIpc) is 3.15. The van der Waals surface area contributed by atoms with E-state index in [-0.39, 0.29) is 0 Å². The van der Waals surface area contributed by atoms with Gasteiger partial charge in [0.2, 0.25) is 5.95 Å². The predicted octanol–water partition coefficient (Wildman–Crippen LogP) is 5.76. The number of fused-ring (bicyclic) bond motifs is 1. The van der Waals surface area contributed by atoms with Crippen LogP contribution in [-0.2, 0) is 4.74 Å². The van der Waals surface area contributed by atoms with Crippen molar-refractivity contribution in [2.75, 3.05) is 36.5 Å². The van der Waals surface area contributed by atoms with Gasteiger partial charge in [0.25, 0.3) is 0 Å². The fourth-order valence-electron chi connectivity index (χ4n) is 4.60. The highest BCUT2D eigenvalue weighted by atomic mass is 35.5. The zero-order valence-electron chi connectivity index (χ0n) is 19.2. The van der Waals surface area contributed by atoms with E-state index < -0.39 is 0 Å². The van der Waals surface area contributed by atoms with Crippen molar-refractivity contribution in [2.24, 2.45) is 0 Å². The Balaban J connectivity index is 1.42. The molecular formula is C26H27ClN6O. The second kappa shape index (κ2) is 8.89. The van der Waals surface area contributed by atoms with E-state index in [4.69, 9.17) is 31.4 Å². The van der Waals surface area contributed by atoms with Crippen molar-refractivity contribution in [3.63, 3.8) is 0 Å². The molecule has 0 radical (unpaired) electrons. The first kappa shape index (κ1) is 21.4. The second-order valence-electron chi connectivity index (χ2n) is 9.02. The van der Waals surface area contributed by atoms with Gasteiger partial charge in [0.15, 0.2) is 0 Å². The summed E-state index contributed by atoms with van der Waals surface area (Å²) in [5, 5.41) is 10.2. The second-order valence-corrected chi connectivity index (χ2v) is 9.45. The molecule has 3 heterocycles. The van der Waals surface area contributed by atoms with E-state index in [2.05, 4.69) is 40.0 Å². The summed E-state index contributed by atoms with van der Waals surface area (Å²) in [7, 11) is 0. The van der Waals surface area contributed by atoms with Gasteiger partial charge in [-0.2, -0.15) is 10.1 Å². The van der Waals surface area contributed by atoms with Gasteiger partial charge in [-0.3, -0.25) is 4.68 Å². The van der Waals surface area contributed by atoms with Crippen LogP contribution < -0.4 is 10.2 Å². The molecule has 1 saturated carbocycles. The fraction of sp³-hybridized carbons (Fsp3) is 0.346. The van der Waals surface area contributed by atoms with Crippen molar-refractivity contribution in [1.29, 1.82) is 0 Å². The molecule has 0 amide bonds. The van der Waals surface area contributed by atoms with Crippen molar-refractivity contribution in [3.8, 4) is 11.3 Å². The summed E-state index contributed by atoms with van der Waals surface area (Å²) in [5.41, 5.74) is 5.13. The van der Waals surface area contributed by atoms with Gasteiger partial charge in [-0.25, -0.2) is 4.98 Å². The monoisotopic (exact) mass is 474 g/mol. The molecular weight excluding hydrogens is 448 g/mol. The quantitative estimate of drug-likeness (QED) is 0.396. The number of rotatable bonds is 5. The van der Waals surface area contributed by atoms with Gasteiger partial charge in [0, 0.05) is 40.8 Å². The topological polar surface area (TPSA) is 68.1 Å². The number of aryl methyl sites for hydroxylation is 1. The minimum Gasteiger partial charge on any atom is -0.378 e. The SMILES string of the molecule is Cc1nn(C2CCC2)c2cc(-c3cc(Nc4ccc(Cl)cc4)nc(N4CCOCC4)n3)ccc12. The van der Waals surface area contributed by atoms with E-state index >= 15 is 0 Å². The lowest BCUT2D eigenvalue weighted by molar-refractivity contribution is 0.122. The van der Waals surface area contributed by atoms with Gasteiger partial charge in [-0.05, 0) is 56.5 Å².